The fourth-order valence-electron chi connectivity index (χ4n) is 3.27. The van der Waals surface area contributed by atoms with Crippen LogP contribution < -0.4 is 10.9 Å². The summed E-state index contributed by atoms with van der Waals surface area (Å²) in [6.07, 6.45) is 0.256. The first-order valence-electron chi connectivity index (χ1n) is 9.55. The molecule has 0 spiro atoms. The largest absolute Gasteiger partial charge is 0.319 e. The molecule has 0 aliphatic heterocycles. The number of nitrogens with zero attached hydrogens (tertiary/aromatic N) is 4. The molecule has 5 aromatic rings. The SMILES string of the molecule is O=C(CCc1nc2ccccc2[nH]c1=O)Nc1nc2scc(-c3cc(Cl)ccc3Cl)n2n1. The second kappa shape index (κ2) is 8.34. The summed E-state index contributed by atoms with van der Waals surface area (Å²) in [7, 11) is 0. The lowest BCUT2D eigenvalue weighted by atomic mass is 10.2. The molecule has 0 radical (unpaired) electrons. The van der Waals surface area contributed by atoms with Gasteiger partial charge in [-0.1, -0.05) is 35.3 Å². The Morgan fingerprint density at radius 3 is 2.88 bits per heavy atom. The number of aryl methyl sites for hydroxylation is 1. The highest BCUT2D eigenvalue weighted by Gasteiger charge is 2.16. The average Bonchev–Trinajstić information content (AvgIpc) is 3.34. The van der Waals surface area contributed by atoms with E-state index in [1.165, 1.54) is 11.3 Å². The van der Waals surface area contributed by atoms with E-state index in [9.17, 15) is 9.59 Å². The second-order valence-corrected chi connectivity index (χ2v) is 8.63. The summed E-state index contributed by atoms with van der Waals surface area (Å²) < 4.78 is 1.60. The minimum atomic E-state index is -0.319. The molecule has 0 bridgehead atoms. The maximum atomic E-state index is 12.4. The van der Waals surface area contributed by atoms with Gasteiger partial charge >= 0.3 is 0 Å². The van der Waals surface area contributed by atoms with E-state index < -0.39 is 0 Å². The van der Waals surface area contributed by atoms with Gasteiger partial charge in [-0.15, -0.1) is 16.4 Å². The number of benzene rings is 2. The van der Waals surface area contributed by atoms with E-state index in [2.05, 4.69) is 25.4 Å². The van der Waals surface area contributed by atoms with Gasteiger partial charge in [0.25, 0.3) is 5.56 Å². The van der Waals surface area contributed by atoms with Gasteiger partial charge in [0.2, 0.25) is 16.8 Å². The third-order valence-corrected chi connectivity index (χ3v) is 6.18. The summed E-state index contributed by atoms with van der Waals surface area (Å²) in [5, 5.41) is 10.00. The summed E-state index contributed by atoms with van der Waals surface area (Å²) >= 11 is 13.8. The van der Waals surface area contributed by atoms with Crippen molar-refractivity contribution in [2.24, 2.45) is 0 Å². The monoisotopic (exact) mass is 484 g/mol. The van der Waals surface area contributed by atoms with Gasteiger partial charge < -0.3 is 4.98 Å². The van der Waals surface area contributed by atoms with Crippen LogP contribution in [-0.2, 0) is 11.2 Å². The van der Waals surface area contributed by atoms with Crippen molar-refractivity contribution >= 4 is 62.4 Å². The van der Waals surface area contributed by atoms with Crippen molar-refractivity contribution in [3.8, 4) is 11.3 Å². The lowest BCUT2D eigenvalue weighted by molar-refractivity contribution is -0.116. The molecule has 0 aliphatic rings. The number of aromatic nitrogens is 5. The summed E-state index contributed by atoms with van der Waals surface area (Å²) in [6.45, 7) is 0. The standard InChI is InChI=1S/C21H14Cl2N6O2S/c22-11-5-6-13(23)12(9-11)17-10-32-21-27-20(28-29(17)21)26-18(30)8-7-16-19(31)25-15-4-2-1-3-14(15)24-16/h1-6,9-10H,7-8H2,(H,25,31)(H,26,28,30). The molecule has 0 saturated carbocycles. The Balaban J connectivity index is 1.32. The number of anilines is 1. The number of hydrogen-bond donors (Lipinski definition) is 2. The molecule has 160 valence electrons. The van der Waals surface area contributed by atoms with Crippen molar-refractivity contribution < 1.29 is 4.79 Å². The number of para-hydroxylation sites is 2. The minimum absolute atomic E-state index is 0.0637. The molecule has 8 nitrogen and oxygen atoms in total. The third kappa shape index (κ3) is 3.97. The summed E-state index contributed by atoms with van der Waals surface area (Å²) in [6, 6.07) is 12.4. The molecular formula is C21H14Cl2N6O2S. The van der Waals surface area contributed by atoms with Crippen LogP contribution in [0.5, 0.6) is 0 Å². The van der Waals surface area contributed by atoms with Gasteiger partial charge in [0.15, 0.2) is 0 Å². The highest BCUT2D eigenvalue weighted by Crippen LogP contribution is 2.33. The van der Waals surface area contributed by atoms with Crippen molar-refractivity contribution in [1.82, 2.24) is 24.6 Å². The quantitative estimate of drug-likeness (QED) is 0.380. The number of carbonyl (C=O) groups is 1. The van der Waals surface area contributed by atoms with Gasteiger partial charge in [0.1, 0.15) is 5.69 Å². The maximum absolute atomic E-state index is 12.4. The van der Waals surface area contributed by atoms with Gasteiger partial charge in [-0.2, -0.15) is 4.98 Å². The zero-order valence-electron chi connectivity index (χ0n) is 16.3. The van der Waals surface area contributed by atoms with Crippen LogP contribution in [0.2, 0.25) is 10.0 Å². The summed E-state index contributed by atoms with van der Waals surface area (Å²) in [5.74, 6) is -0.151. The number of amides is 1. The van der Waals surface area contributed by atoms with Crippen molar-refractivity contribution in [2.45, 2.75) is 12.8 Å². The third-order valence-electron chi connectivity index (χ3n) is 4.80. The van der Waals surface area contributed by atoms with E-state index in [1.54, 1.807) is 34.8 Å². The second-order valence-electron chi connectivity index (χ2n) is 6.95. The molecule has 0 aliphatic carbocycles. The van der Waals surface area contributed by atoms with E-state index in [1.807, 2.05) is 17.5 Å². The van der Waals surface area contributed by atoms with Crippen LogP contribution in [-0.4, -0.2) is 30.5 Å². The number of nitrogens with one attached hydrogen (secondary N) is 2. The highest BCUT2D eigenvalue weighted by molar-refractivity contribution is 7.15. The van der Waals surface area contributed by atoms with Crippen molar-refractivity contribution in [1.29, 1.82) is 0 Å². The first-order chi connectivity index (χ1) is 15.5. The van der Waals surface area contributed by atoms with Crippen molar-refractivity contribution in [3.05, 3.63) is 73.9 Å². The number of halogens is 2. The first-order valence-corrected chi connectivity index (χ1v) is 11.2. The predicted octanol–water partition coefficient (Wildman–Crippen LogP) is 4.57. The van der Waals surface area contributed by atoms with Gasteiger partial charge in [0.05, 0.1) is 21.7 Å². The Hall–Kier alpha value is -3.27. The number of carbonyl (C=O) groups excluding carboxylic acids is 1. The Morgan fingerprint density at radius 1 is 1.16 bits per heavy atom. The van der Waals surface area contributed by atoms with Crippen LogP contribution in [0.15, 0.2) is 52.6 Å². The minimum Gasteiger partial charge on any atom is -0.319 e. The van der Waals surface area contributed by atoms with Gasteiger partial charge in [0, 0.05) is 28.8 Å². The van der Waals surface area contributed by atoms with Crippen LogP contribution in [0.4, 0.5) is 5.95 Å². The van der Waals surface area contributed by atoms with Crippen LogP contribution in [0.3, 0.4) is 0 Å². The molecule has 3 aromatic heterocycles. The van der Waals surface area contributed by atoms with E-state index in [0.717, 1.165) is 11.3 Å². The number of H-pyrrole nitrogens is 1. The number of thiazole rings is 1. The predicted molar refractivity (Wildman–Crippen MR) is 126 cm³/mol. The smallest absolute Gasteiger partial charge is 0.270 e. The topological polar surface area (TPSA) is 105 Å². The fourth-order valence-corrected chi connectivity index (χ4v) is 4.48. The van der Waals surface area contributed by atoms with Crippen LogP contribution >= 0.6 is 34.5 Å². The zero-order chi connectivity index (χ0) is 22.2. The lowest BCUT2D eigenvalue weighted by Crippen LogP contribution is -2.19. The van der Waals surface area contributed by atoms with Crippen LogP contribution in [0.25, 0.3) is 27.3 Å². The number of rotatable bonds is 5. The molecule has 32 heavy (non-hydrogen) atoms. The Morgan fingerprint density at radius 2 is 2.00 bits per heavy atom. The average molecular weight is 485 g/mol. The molecule has 5 rings (SSSR count). The molecular weight excluding hydrogens is 471 g/mol. The van der Waals surface area contributed by atoms with E-state index in [4.69, 9.17) is 23.2 Å². The number of hydrogen-bond acceptors (Lipinski definition) is 6. The van der Waals surface area contributed by atoms with Gasteiger partial charge in [-0.25, -0.2) is 9.50 Å². The lowest BCUT2D eigenvalue weighted by Gasteiger charge is -2.03. The van der Waals surface area contributed by atoms with E-state index >= 15 is 0 Å². The highest BCUT2D eigenvalue weighted by atomic mass is 35.5. The molecule has 0 atom stereocenters. The van der Waals surface area contributed by atoms with E-state index in [0.29, 0.717) is 31.7 Å². The fraction of sp³-hybridized carbons (Fsp3) is 0.0952. The van der Waals surface area contributed by atoms with E-state index in [-0.39, 0.29) is 30.3 Å². The summed E-state index contributed by atoms with van der Waals surface area (Å²) in [5.41, 5.74) is 2.76. The van der Waals surface area contributed by atoms with Crippen LogP contribution in [0.1, 0.15) is 12.1 Å². The van der Waals surface area contributed by atoms with Gasteiger partial charge in [-0.05, 0) is 30.3 Å². The first kappa shape index (κ1) is 20.6. The molecule has 1 amide bonds. The molecule has 2 N–H and O–H groups in total. The Labute approximate surface area is 194 Å². The maximum Gasteiger partial charge on any atom is 0.270 e. The number of aromatic amines is 1. The molecule has 11 heteroatoms. The van der Waals surface area contributed by atoms with Crippen molar-refractivity contribution in [3.63, 3.8) is 0 Å². The Bertz CT molecular complexity index is 1540. The number of fused-ring (bicyclic) bond motifs is 2. The normalized spacial score (nSPS) is 11.3. The molecule has 0 unspecified atom stereocenters. The zero-order valence-corrected chi connectivity index (χ0v) is 18.6. The van der Waals surface area contributed by atoms with Crippen LogP contribution in [0, 0.1) is 0 Å². The molecule has 2 aromatic carbocycles. The molecule has 3 heterocycles. The van der Waals surface area contributed by atoms with Gasteiger partial charge in [-0.3, -0.25) is 14.9 Å². The molecule has 0 saturated heterocycles. The molecule has 0 fully saturated rings. The Kier molecular flexibility index (Phi) is 5.38. The summed E-state index contributed by atoms with van der Waals surface area (Å²) in [4.78, 5) is 36.7. The van der Waals surface area contributed by atoms with Crippen molar-refractivity contribution in [2.75, 3.05) is 5.32 Å².